The molecule has 1 saturated carbocycles. The van der Waals surface area contributed by atoms with Crippen LogP contribution in [0.1, 0.15) is 85.1 Å². The van der Waals surface area contributed by atoms with Crippen LogP contribution in [0, 0.1) is 26.7 Å². The molecule has 8 nitrogen and oxygen atoms in total. The number of piperidine rings is 1. The Labute approximate surface area is 244 Å². The molecule has 8 heteroatoms. The van der Waals surface area contributed by atoms with Gasteiger partial charge in [0, 0.05) is 79.8 Å². The van der Waals surface area contributed by atoms with Crippen molar-refractivity contribution in [1.82, 2.24) is 15.2 Å². The Bertz CT molecular complexity index is 1270. The van der Waals surface area contributed by atoms with Crippen LogP contribution in [0.15, 0.2) is 23.0 Å². The number of ether oxygens (including phenoxy) is 2. The molecule has 3 aliphatic rings. The summed E-state index contributed by atoms with van der Waals surface area (Å²) in [4.78, 5) is 34.1. The summed E-state index contributed by atoms with van der Waals surface area (Å²) in [6.45, 7) is 15.2. The standard InChI is InChI=1S/C33H48N4O4/c1-6-37(25-9-13-40-14-10-25)31-19-28(41-27-16-26(17-27)36-11-7-21(2)8-12-36)18-29(24(31)5)32(38)34-20-30-22(3)15-23(4)35-33(30)39/h15,18-19,21,25-27H,6-14,16-17,20H2,1-5H3,(H,34,38)(H,35,39)/t26-,27+. The highest BCUT2D eigenvalue weighted by Gasteiger charge is 2.36. The number of H-pyrrole nitrogens is 1. The fourth-order valence-electron chi connectivity index (χ4n) is 6.78. The third-order valence-corrected chi connectivity index (χ3v) is 9.51. The van der Waals surface area contributed by atoms with Crippen LogP contribution in [0.4, 0.5) is 5.69 Å². The number of hydrogen-bond donors (Lipinski definition) is 2. The first kappa shape index (κ1) is 29.6. The van der Waals surface area contributed by atoms with Gasteiger partial charge in [-0.2, -0.15) is 0 Å². The van der Waals surface area contributed by atoms with Gasteiger partial charge in [0.05, 0.1) is 0 Å². The molecule has 41 heavy (non-hydrogen) atoms. The number of benzene rings is 1. The van der Waals surface area contributed by atoms with Gasteiger partial charge in [0.25, 0.3) is 11.5 Å². The van der Waals surface area contributed by atoms with Crippen LogP contribution in [0.5, 0.6) is 5.75 Å². The summed E-state index contributed by atoms with van der Waals surface area (Å²) < 4.78 is 12.2. The third kappa shape index (κ3) is 6.81. The van der Waals surface area contributed by atoms with Crippen LogP contribution in [0.25, 0.3) is 0 Å². The number of anilines is 1. The van der Waals surface area contributed by atoms with E-state index in [2.05, 4.69) is 40.0 Å². The van der Waals surface area contributed by atoms with Gasteiger partial charge in [0.1, 0.15) is 11.9 Å². The summed E-state index contributed by atoms with van der Waals surface area (Å²) in [5.41, 5.74) is 4.70. The summed E-state index contributed by atoms with van der Waals surface area (Å²) in [6.07, 6.45) is 6.74. The molecule has 2 aliphatic heterocycles. The molecule has 0 radical (unpaired) electrons. The van der Waals surface area contributed by atoms with E-state index < -0.39 is 0 Å². The third-order valence-electron chi connectivity index (χ3n) is 9.51. The van der Waals surface area contributed by atoms with Gasteiger partial charge in [-0.1, -0.05) is 6.92 Å². The molecule has 3 heterocycles. The number of amides is 1. The highest BCUT2D eigenvalue weighted by Crippen LogP contribution is 2.37. The fourth-order valence-corrected chi connectivity index (χ4v) is 6.78. The molecule has 1 aliphatic carbocycles. The van der Waals surface area contributed by atoms with Crippen molar-refractivity contribution in [2.75, 3.05) is 37.7 Å². The van der Waals surface area contributed by atoms with Crippen molar-refractivity contribution in [2.45, 2.75) is 97.9 Å². The maximum atomic E-state index is 13.7. The highest BCUT2D eigenvalue weighted by atomic mass is 16.5. The lowest BCUT2D eigenvalue weighted by atomic mass is 9.85. The van der Waals surface area contributed by atoms with Crippen molar-refractivity contribution in [2.24, 2.45) is 5.92 Å². The molecular formula is C33H48N4O4. The summed E-state index contributed by atoms with van der Waals surface area (Å²) in [6, 6.07) is 6.93. The molecule has 2 N–H and O–H groups in total. The molecule has 224 valence electrons. The average molecular weight is 565 g/mol. The minimum Gasteiger partial charge on any atom is -0.490 e. The van der Waals surface area contributed by atoms with Crippen LogP contribution >= 0.6 is 0 Å². The number of nitrogens with one attached hydrogen (secondary N) is 2. The lowest BCUT2D eigenvalue weighted by Crippen LogP contribution is -2.51. The van der Waals surface area contributed by atoms with E-state index >= 15 is 0 Å². The number of carbonyl (C=O) groups is 1. The Morgan fingerprint density at radius 2 is 1.80 bits per heavy atom. The lowest BCUT2D eigenvalue weighted by molar-refractivity contribution is 0.00305. The van der Waals surface area contributed by atoms with E-state index in [0.717, 1.165) is 79.6 Å². The van der Waals surface area contributed by atoms with Crippen molar-refractivity contribution in [3.63, 3.8) is 0 Å². The topological polar surface area (TPSA) is 86.9 Å². The molecule has 1 amide bonds. The number of pyridine rings is 1. The van der Waals surface area contributed by atoms with E-state index in [-0.39, 0.29) is 24.1 Å². The van der Waals surface area contributed by atoms with Crippen LogP contribution in [0.3, 0.4) is 0 Å². The first-order valence-corrected chi connectivity index (χ1v) is 15.6. The van der Waals surface area contributed by atoms with E-state index in [4.69, 9.17) is 9.47 Å². The smallest absolute Gasteiger partial charge is 0.253 e. The van der Waals surface area contributed by atoms with E-state index in [9.17, 15) is 9.59 Å². The number of aromatic amines is 1. The summed E-state index contributed by atoms with van der Waals surface area (Å²) >= 11 is 0. The van der Waals surface area contributed by atoms with Crippen molar-refractivity contribution in [1.29, 1.82) is 0 Å². The first-order chi connectivity index (χ1) is 19.7. The minimum absolute atomic E-state index is 0.156. The Balaban J connectivity index is 1.36. The molecule has 3 fully saturated rings. The zero-order valence-electron chi connectivity index (χ0n) is 25.6. The number of hydrogen-bond acceptors (Lipinski definition) is 6. The Hall–Kier alpha value is -2.84. The van der Waals surface area contributed by atoms with Gasteiger partial charge >= 0.3 is 0 Å². The molecule has 0 unspecified atom stereocenters. The monoisotopic (exact) mass is 564 g/mol. The first-order valence-electron chi connectivity index (χ1n) is 15.6. The van der Waals surface area contributed by atoms with E-state index in [1.165, 1.54) is 25.9 Å². The largest absolute Gasteiger partial charge is 0.490 e. The molecule has 1 aromatic heterocycles. The molecular weight excluding hydrogens is 516 g/mol. The number of rotatable bonds is 9. The Morgan fingerprint density at radius 3 is 2.46 bits per heavy atom. The summed E-state index contributed by atoms with van der Waals surface area (Å²) in [7, 11) is 0. The number of likely N-dealkylation sites (tertiary alicyclic amines) is 1. The molecule has 2 saturated heterocycles. The second-order valence-corrected chi connectivity index (χ2v) is 12.5. The van der Waals surface area contributed by atoms with Gasteiger partial charge in [0.15, 0.2) is 0 Å². The highest BCUT2D eigenvalue weighted by molar-refractivity contribution is 5.97. The van der Waals surface area contributed by atoms with Gasteiger partial charge < -0.3 is 29.6 Å². The summed E-state index contributed by atoms with van der Waals surface area (Å²) in [5, 5.41) is 3.02. The van der Waals surface area contributed by atoms with Gasteiger partial charge in [0.2, 0.25) is 0 Å². The SMILES string of the molecule is CCN(c1cc(O[C@H]2C[C@@H](N3CCC(C)CC3)C2)cc(C(=O)NCc2c(C)cc(C)[nH]c2=O)c1C)C1CCOCC1. The minimum atomic E-state index is -0.189. The maximum Gasteiger partial charge on any atom is 0.253 e. The van der Waals surface area contributed by atoms with Gasteiger partial charge in [-0.25, -0.2) is 0 Å². The van der Waals surface area contributed by atoms with Crippen LogP contribution < -0.4 is 20.5 Å². The molecule has 0 bridgehead atoms. The zero-order chi connectivity index (χ0) is 29.1. The van der Waals surface area contributed by atoms with E-state index in [1.807, 2.05) is 32.9 Å². The average Bonchev–Trinajstić information content (AvgIpc) is 2.93. The normalized spacial score (nSPS) is 22.3. The summed E-state index contributed by atoms with van der Waals surface area (Å²) in [5.74, 6) is 1.39. The van der Waals surface area contributed by atoms with Gasteiger partial charge in [-0.15, -0.1) is 0 Å². The predicted octanol–water partition coefficient (Wildman–Crippen LogP) is 4.88. The fraction of sp³-hybridized carbons (Fsp3) is 0.636. The number of nitrogens with zero attached hydrogens (tertiary/aromatic N) is 2. The molecule has 0 atom stereocenters. The van der Waals surface area contributed by atoms with Gasteiger partial charge in [-0.3, -0.25) is 9.59 Å². The second kappa shape index (κ2) is 13.0. The predicted molar refractivity (Wildman–Crippen MR) is 163 cm³/mol. The van der Waals surface area contributed by atoms with Gasteiger partial charge in [-0.05, 0) is 95.6 Å². The second-order valence-electron chi connectivity index (χ2n) is 12.5. The molecule has 2 aromatic rings. The van der Waals surface area contributed by atoms with E-state index in [0.29, 0.717) is 23.2 Å². The van der Waals surface area contributed by atoms with Crippen molar-refractivity contribution in [3.8, 4) is 5.75 Å². The Morgan fingerprint density at radius 1 is 1.10 bits per heavy atom. The lowest BCUT2D eigenvalue weighted by Gasteiger charge is -2.45. The van der Waals surface area contributed by atoms with Crippen molar-refractivity contribution < 1.29 is 14.3 Å². The zero-order valence-corrected chi connectivity index (χ0v) is 25.6. The van der Waals surface area contributed by atoms with Crippen LogP contribution in [-0.4, -0.2) is 66.8 Å². The maximum absolute atomic E-state index is 13.7. The molecule has 0 spiro atoms. The number of aromatic nitrogens is 1. The van der Waals surface area contributed by atoms with Crippen molar-refractivity contribution in [3.05, 3.63) is 56.5 Å². The Kier molecular flexibility index (Phi) is 9.39. The molecule has 1 aromatic carbocycles. The van der Waals surface area contributed by atoms with Crippen LogP contribution in [-0.2, 0) is 11.3 Å². The van der Waals surface area contributed by atoms with E-state index in [1.54, 1.807) is 0 Å². The van der Waals surface area contributed by atoms with Crippen LogP contribution in [0.2, 0.25) is 0 Å². The number of carbonyl (C=O) groups excluding carboxylic acids is 1. The quantitative estimate of drug-likeness (QED) is 0.452. The number of aryl methyl sites for hydroxylation is 2. The van der Waals surface area contributed by atoms with Crippen molar-refractivity contribution >= 4 is 11.6 Å². The molecule has 5 rings (SSSR count).